The average molecular weight is 325 g/mol. The fourth-order valence-electron chi connectivity index (χ4n) is 2.21. The number of thioether (sulfide) groups is 1. The number of methoxy groups -OCH3 is 1. The Balaban J connectivity index is 3.08. The van der Waals surface area contributed by atoms with Crippen LogP contribution in [-0.2, 0) is 15.1 Å². The van der Waals surface area contributed by atoms with Crippen LogP contribution in [0.5, 0.6) is 5.75 Å². The number of rotatable bonds is 8. The Hall–Kier alpha value is -1.69. The van der Waals surface area contributed by atoms with Gasteiger partial charge in [0.15, 0.2) is 0 Å². The minimum Gasteiger partial charge on any atom is -0.497 e. The maximum atomic E-state index is 12.3. The zero-order valence-corrected chi connectivity index (χ0v) is 14.2. The molecule has 0 aliphatic carbocycles. The second-order valence-electron chi connectivity index (χ2n) is 5.48. The van der Waals surface area contributed by atoms with E-state index >= 15 is 0 Å². The molecule has 1 rings (SSSR count). The number of hydrogen-bond donors (Lipinski definition) is 2. The number of hydrogen-bond acceptors (Lipinski definition) is 4. The molecular formula is C16H23NO4S. The molecule has 5 nitrogen and oxygen atoms in total. The smallest absolute Gasteiger partial charge is 0.306 e. The molecule has 0 heterocycles. The van der Waals surface area contributed by atoms with Gasteiger partial charge >= 0.3 is 5.97 Å². The molecule has 122 valence electrons. The molecule has 1 aromatic rings. The summed E-state index contributed by atoms with van der Waals surface area (Å²) in [6, 6.07) is 7.11. The second-order valence-corrected chi connectivity index (χ2v) is 6.39. The zero-order valence-electron chi connectivity index (χ0n) is 13.4. The Morgan fingerprint density at radius 1 is 1.45 bits per heavy atom. The summed E-state index contributed by atoms with van der Waals surface area (Å²) >= 11 is 1.58. The van der Waals surface area contributed by atoms with E-state index in [1.54, 1.807) is 50.1 Å². The summed E-state index contributed by atoms with van der Waals surface area (Å²) in [6.07, 6.45) is 1.74. The van der Waals surface area contributed by atoms with Crippen molar-refractivity contribution in [1.82, 2.24) is 5.32 Å². The zero-order chi connectivity index (χ0) is 16.8. The van der Waals surface area contributed by atoms with Crippen molar-refractivity contribution in [2.75, 3.05) is 19.1 Å². The second kappa shape index (κ2) is 8.08. The standard InChI is InChI=1S/C16H23NO4S/c1-11(10-22-4)15(20)17-16(2,9-14(18)19)12-6-5-7-13(8-12)21-3/h5-8,11H,9-10H2,1-4H3,(H,17,20)(H,18,19). The van der Waals surface area contributed by atoms with Gasteiger partial charge in [-0.15, -0.1) is 0 Å². The fraction of sp³-hybridized carbons (Fsp3) is 0.500. The Morgan fingerprint density at radius 2 is 2.14 bits per heavy atom. The van der Waals surface area contributed by atoms with Crippen LogP contribution in [0.1, 0.15) is 25.8 Å². The van der Waals surface area contributed by atoms with Crippen molar-refractivity contribution in [3.63, 3.8) is 0 Å². The first-order chi connectivity index (χ1) is 10.3. The molecule has 0 aliphatic rings. The van der Waals surface area contributed by atoms with Crippen molar-refractivity contribution in [1.29, 1.82) is 0 Å². The van der Waals surface area contributed by atoms with Gasteiger partial charge in [-0.2, -0.15) is 11.8 Å². The fourth-order valence-corrected chi connectivity index (χ4v) is 2.86. The van der Waals surface area contributed by atoms with Crippen molar-refractivity contribution in [3.8, 4) is 5.75 Å². The molecule has 6 heteroatoms. The molecule has 2 N–H and O–H groups in total. The molecular weight excluding hydrogens is 302 g/mol. The summed E-state index contributed by atoms with van der Waals surface area (Å²) in [5, 5.41) is 12.1. The van der Waals surface area contributed by atoms with Crippen LogP contribution in [0.25, 0.3) is 0 Å². The van der Waals surface area contributed by atoms with E-state index < -0.39 is 11.5 Å². The number of carbonyl (C=O) groups is 2. The molecule has 1 amide bonds. The predicted molar refractivity (Wildman–Crippen MR) is 88.3 cm³/mol. The molecule has 0 saturated carbocycles. The topological polar surface area (TPSA) is 75.6 Å². The van der Waals surface area contributed by atoms with E-state index in [1.165, 1.54) is 0 Å². The summed E-state index contributed by atoms with van der Waals surface area (Å²) in [6.45, 7) is 3.55. The van der Waals surface area contributed by atoms with Gasteiger partial charge in [0.05, 0.1) is 19.1 Å². The molecule has 22 heavy (non-hydrogen) atoms. The number of aliphatic carboxylic acids is 1. The van der Waals surface area contributed by atoms with Crippen molar-refractivity contribution in [2.24, 2.45) is 5.92 Å². The van der Waals surface area contributed by atoms with Gasteiger partial charge in [0.2, 0.25) is 5.91 Å². The van der Waals surface area contributed by atoms with Crippen molar-refractivity contribution < 1.29 is 19.4 Å². The average Bonchev–Trinajstić information content (AvgIpc) is 2.46. The Labute approximate surface area is 135 Å². The molecule has 0 saturated heterocycles. The molecule has 0 spiro atoms. The summed E-state index contributed by atoms with van der Waals surface area (Å²) in [5.41, 5.74) is -0.275. The van der Waals surface area contributed by atoms with E-state index in [9.17, 15) is 14.7 Å². The normalized spacial score (nSPS) is 14.7. The third-order valence-corrected chi connectivity index (χ3v) is 4.31. The lowest BCUT2D eigenvalue weighted by atomic mass is 9.87. The summed E-state index contributed by atoms with van der Waals surface area (Å²) < 4.78 is 5.18. The first-order valence-corrected chi connectivity index (χ1v) is 8.39. The number of benzene rings is 1. The largest absolute Gasteiger partial charge is 0.497 e. The molecule has 0 aromatic heterocycles. The maximum Gasteiger partial charge on any atom is 0.306 e. The van der Waals surface area contributed by atoms with Crippen molar-refractivity contribution in [3.05, 3.63) is 29.8 Å². The number of nitrogens with one attached hydrogen (secondary N) is 1. The van der Waals surface area contributed by atoms with Crippen molar-refractivity contribution in [2.45, 2.75) is 25.8 Å². The van der Waals surface area contributed by atoms with E-state index in [2.05, 4.69) is 5.32 Å². The third-order valence-electron chi connectivity index (χ3n) is 3.47. The lowest BCUT2D eigenvalue weighted by Crippen LogP contribution is -2.47. The molecule has 2 unspecified atom stereocenters. The highest BCUT2D eigenvalue weighted by Crippen LogP contribution is 2.28. The maximum absolute atomic E-state index is 12.3. The molecule has 0 fully saturated rings. The highest BCUT2D eigenvalue weighted by atomic mass is 32.2. The van der Waals surface area contributed by atoms with E-state index in [0.717, 1.165) is 0 Å². The van der Waals surface area contributed by atoms with Crippen LogP contribution < -0.4 is 10.1 Å². The quantitative estimate of drug-likeness (QED) is 0.768. The monoisotopic (exact) mass is 325 g/mol. The minimum atomic E-state index is -0.982. The van der Waals surface area contributed by atoms with Crippen LogP contribution in [0.15, 0.2) is 24.3 Å². The first-order valence-electron chi connectivity index (χ1n) is 6.99. The summed E-state index contributed by atoms with van der Waals surface area (Å²) in [4.78, 5) is 23.5. The highest BCUT2D eigenvalue weighted by molar-refractivity contribution is 7.98. The van der Waals surface area contributed by atoms with Gasteiger partial charge in [-0.25, -0.2) is 0 Å². The lowest BCUT2D eigenvalue weighted by Gasteiger charge is -2.31. The Kier molecular flexibility index (Phi) is 6.74. The molecule has 2 atom stereocenters. The van der Waals surface area contributed by atoms with Gasteiger partial charge in [-0.1, -0.05) is 19.1 Å². The van der Waals surface area contributed by atoms with E-state index in [4.69, 9.17) is 4.74 Å². The van der Waals surface area contributed by atoms with Crippen LogP contribution in [0.3, 0.4) is 0 Å². The highest BCUT2D eigenvalue weighted by Gasteiger charge is 2.33. The number of amides is 1. The lowest BCUT2D eigenvalue weighted by molar-refractivity contribution is -0.139. The van der Waals surface area contributed by atoms with Gasteiger partial charge < -0.3 is 15.2 Å². The number of ether oxygens (including phenoxy) is 1. The molecule has 0 aliphatic heterocycles. The van der Waals surface area contributed by atoms with Gasteiger partial charge in [-0.05, 0) is 30.9 Å². The van der Waals surface area contributed by atoms with E-state index in [1.807, 2.05) is 13.2 Å². The van der Waals surface area contributed by atoms with Gasteiger partial charge in [0, 0.05) is 11.7 Å². The SMILES string of the molecule is COc1cccc(C(C)(CC(=O)O)NC(=O)C(C)CSC)c1. The third kappa shape index (κ3) is 4.94. The predicted octanol–water partition coefficient (Wildman–Crippen LogP) is 2.50. The molecule has 1 aromatic carbocycles. The summed E-state index contributed by atoms with van der Waals surface area (Å²) in [5.74, 6) is 0.00548. The van der Waals surface area contributed by atoms with Crippen LogP contribution >= 0.6 is 11.8 Å². The number of carboxylic acids is 1. The Bertz CT molecular complexity index is 535. The van der Waals surface area contributed by atoms with Crippen LogP contribution in [-0.4, -0.2) is 36.1 Å². The van der Waals surface area contributed by atoms with Crippen LogP contribution in [0.4, 0.5) is 0 Å². The Morgan fingerprint density at radius 3 is 2.68 bits per heavy atom. The van der Waals surface area contributed by atoms with Crippen molar-refractivity contribution >= 4 is 23.6 Å². The first kappa shape index (κ1) is 18.4. The summed E-state index contributed by atoms with van der Waals surface area (Å²) in [7, 11) is 1.55. The van der Waals surface area contributed by atoms with Gasteiger partial charge in [0.25, 0.3) is 0 Å². The molecule has 0 bridgehead atoms. The van der Waals surface area contributed by atoms with E-state index in [0.29, 0.717) is 17.1 Å². The van der Waals surface area contributed by atoms with Crippen LogP contribution in [0.2, 0.25) is 0 Å². The number of carboxylic acid groups (broad SMARTS) is 1. The number of carbonyl (C=O) groups excluding carboxylic acids is 1. The van der Waals surface area contributed by atoms with Gasteiger partial charge in [-0.3, -0.25) is 9.59 Å². The minimum absolute atomic E-state index is 0.152. The van der Waals surface area contributed by atoms with Gasteiger partial charge in [0.1, 0.15) is 5.75 Å². The van der Waals surface area contributed by atoms with Crippen LogP contribution in [0, 0.1) is 5.92 Å². The molecule has 0 radical (unpaired) electrons. The van der Waals surface area contributed by atoms with E-state index in [-0.39, 0.29) is 18.2 Å².